The molecule has 3 aromatic heterocycles. The molecule has 3 aromatic rings. The van der Waals surface area contributed by atoms with E-state index in [0.717, 1.165) is 17.8 Å². The summed E-state index contributed by atoms with van der Waals surface area (Å²) in [5.41, 5.74) is 1.46. The Morgan fingerprint density at radius 3 is 3.05 bits per heavy atom. The van der Waals surface area contributed by atoms with E-state index in [1.807, 2.05) is 29.8 Å². The van der Waals surface area contributed by atoms with Gasteiger partial charge in [-0.3, -0.25) is 4.79 Å². The molecule has 6 heteroatoms. The highest BCUT2D eigenvalue weighted by Gasteiger charge is 2.11. The number of ketones is 1. The van der Waals surface area contributed by atoms with Gasteiger partial charge in [0, 0.05) is 18.8 Å². The van der Waals surface area contributed by atoms with Gasteiger partial charge in [-0.1, -0.05) is 6.92 Å². The number of aromatic nitrogens is 4. The molecular formula is C15H16N4O2. The molecule has 0 fully saturated rings. The van der Waals surface area contributed by atoms with E-state index in [4.69, 9.17) is 4.74 Å². The maximum atomic E-state index is 11.8. The van der Waals surface area contributed by atoms with E-state index >= 15 is 0 Å². The lowest BCUT2D eigenvalue weighted by Gasteiger charge is -2.07. The van der Waals surface area contributed by atoms with Crippen LogP contribution in [-0.2, 0) is 6.54 Å². The predicted molar refractivity (Wildman–Crippen MR) is 77.5 cm³/mol. The van der Waals surface area contributed by atoms with E-state index < -0.39 is 0 Å². The minimum absolute atomic E-state index is 0.0961. The van der Waals surface area contributed by atoms with Crippen molar-refractivity contribution in [2.24, 2.45) is 0 Å². The second-order valence-electron chi connectivity index (χ2n) is 4.68. The summed E-state index contributed by atoms with van der Waals surface area (Å²) < 4.78 is 9.31. The molecule has 3 heterocycles. The molecule has 0 bridgehead atoms. The number of carbonyl (C=O) groups excluding carboxylic acids is 1. The molecule has 0 saturated heterocycles. The molecule has 0 aliphatic carbocycles. The van der Waals surface area contributed by atoms with Gasteiger partial charge < -0.3 is 9.30 Å². The van der Waals surface area contributed by atoms with Crippen molar-refractivity contribution in [2.75, 3.05) is 6.61 Å². The number of rotatable bonds is 6. The quantitative estimate of drug-likeness (QED) is 0.651. The smallest absolute Gasteiger partial charge is 0.166 e. The molecule has 0 aromatic carbocycles. The van der Waals surface area contributed by atoms with E-state index in [1.54, 1.807) is 29.4 Å². The first-order valence-corrected chi connectivity index (χ1v) is 6.87. The van der Waals surface area contributed by atoms with Crippen molar-refractivity contribution in [1.29, 1.82) is 0 Å². The maximum Gasteiger partial charge on any atom is 0.166 e. The monoisotopic (exact) mass is 284 g/mol. The fraction of sp³-hybridized carbons (Fsp3) is 0.267. The number of pyridine rings is 1. The van der Waals surface area contributed by atoms with Crippen molar-refractivity contribution in [3.05, 3.63) is 48.8 Å². The van der Waals surface area contributed by atoms with Crippen LogP contribution < -0.4 is 4.74 Å². The van der Waals surface area contributed by atoms with Gasteiger partial charge in [0.25, 0.3) is 0 Å². The zero-order valence-corrected chi connectivity index (χ0v) is 11.8. The number of nitrogens with zero attached hydrogens (tertiary/aromatic N) is 4. The number of Topliss-reactive ketones (excluding diaryl/α,β-unsaturated/α-hetero) is 1. The Morgan fingerprint density at radius 2 is 2.29 bits per heavy atom. The van der Waals surface area contributed by atoms with Crippen LogP contribution in [0.4, 0.5) is 0 Å². The van der Waals surface area contributed by atoms with Crippen LogP contribution in [0.25, 0.3) is 5.52 Å². The summed E-state index contributed by atoms with van der Waals surface area (Å²) in [7, 11) is 0. The zero-order valence-electron chi connectivity index (χ0n) is 11.8. The van der Waals surface area contributed by atoms with Crippen LogP contribution in [0.1, 0.15) is 23.7 Å². The molecule has 0 amide bonds. The molecule has 6 nitrogen and oxygen atoms in total. The molecule has 21 heavy (non-hydrogen) atoms. The lowest BCUT2D eigenvalue weighted by atomic mass is 10.1. The lowest BCUT2D eigenvalue weighted by molar-refractivity contribution is 0.0989. The average Bonchev–Trinajstić information content (AvgIpc) is 3.15. The van der Waals surface area contributed by atoms with E-state index in [9.17, 15) is 4.79 Å². The molecule has 0 saturated carbocycles. The average molecular weight is 284 g/mol. The SMILES string of the molecule is CCC(=O)c1cnn2cc(OCCn3ccnc3)ccc12. The van der Waals surface area contributed by atoms with E-state index in [1.165, 1.54) is 0 Å². The lowest BCUT2D eigenvalue weighted by Crippen LogP contribution is -2.07. The highest BCUT2D eigenvalue weighted by Crippen LogP contribution is 2.17. The standard InChI is InChI=1S/C15H16N4O2/c1-2-15(20)13-9-17-19-10-12(3-4-14(13)19)21-8-7-18-6-5-16-11-18/h3-6,9-11H,2,7-8H2,1H3. The molecule has 108 valence electrons. The summed E-state index contributed by atoms with van der Waals surface area (Å²) in [5, 5.41) is 4.21. The van der Waals surface area contributed by atoms with Crippen LogP contribution in [0.5, 0.6) is 5.75 Å². The summed E-state index contributed by atoms with van der Waals surface area (Å²) in [6.45, 7) is 3.13. The summed E-state index contributed by atoms with van der Waals surface area (Å²) in [6.07, 6.45) is 9.25. The summed E-state index contributed by atoms with van der Waals surface area (Å²) in [5.74, 6) is 0.819. The Labute approximate surface area is 122 Å². The summed E-state index contributed by atoms with van der Waals surface area (Å²) in [4.78, 5) is 15.8. The highest BCUT2D eigenvalue weighted by atomic mass is 16.5. The number of carbonyl (C=O) groups is 1. The second-order valence-corrected chi connectivity index (χ2v) is 4.68. The van der Waals surface area contributed by atoms with Gasteiger partial charge in [-0.25, -0.2) is 9.50 Å². The third kappa shape index (κ3) is 2.79. The highest BCUT2D eigenvalue weighted by molar-refractivity contribution is 6.01. The number of hydrogen-bond acceptors (Lipinski definition) is 4. The van der Waals surface area contributed by atoms with Crippen molar-refractivity contribution < 1.29 is 9.53 Å². The van der Waals surface area contributed by atoms with E-state index in [2.05, 4.69) is 10.1 Å². The van der Waals surface area contributed by atoms with Gasteiger partial charge in [0.15, 0.2) is 5.78 Å². The van der Waals surface area contributed by atoms with Crippen molar-refractivity contribution in [3.63, 3.8) is 0 Å². The molecule has 0 N–H and O–H groups in total. The van der Waals surface area contributed by atoms with E-state index in [0.29, 0.717) is 18.6 Å². The maximum absolute atomic E-state index is 11.8. The Kier molecular flexibility index (Phi) is 3.68. The third-order valence-electron chi connectivity index (χ3n) is 3.29. The van der Waals surface area contributed by atoms with Gasteiger partial charge >= 0.3 is 0 Å². The van der Waals surface area contributed by atoms with Gasteiger partial charge in [0.2, 0.25) is 0 Å². The van der Waals surface area contributed by atoms with Crippen LogP contribution in [0, 0.1) is 0 Å². The van der Waals surface area contributed by atoms with Gasteiger partial charge in [0.1, 0.15) is 12.4 Å². The van der Waals surface area contributed by atoms with Crippen LogP contribution >= 0.6 is 0 Å². The van der Waals surface area contributed by atoms with Crippen molar-refractivity contribution in [1.82, 2.24) is 19.2 Å². The molecule has 0 atom stereocenters. The minimum Gasteiger partial charge on any atom is -0.490 e. The van der Waals surface area contributed by atoms with Crippen LogP contribution in [-0.4, -0.2) is 31.6 Å². The Balaban J connectivity index is 1.71. The first-order chi connectivity index (χ1) is 10.3. The number of fused-ring (bicyclic) bond motifs is 1. The van der Waals surface area contributed by atoms with Crippen LogP contribution in [0.3, 0.4) is 0 Å². The zero-order chi connectivity index (χ0) is 14.7. The number of imidazole rings is 1. The van der Waals surface area contributed by atoms with Crippen LogP contribution in [0.15, 0.2) is 43.2 Å². The van der Waals surface area contributed by atoms with Gasteiger partial charge in [-0.15, -0.1) is 0 Å². The van der Waals surface area contributed by atoms with Crippen LogP contribution in [0.2, 0.25) is 0 Å². The molecule has 0 radical (unpaired) electrons. The molecule has 0 spiro atoms. The fourth-order valence-corrected chi connectivity index (χ4v) is 2.14. The predicted octanol–water partition coefficient (Wildman–Crippen LogP) is 2.20. The first kappa shape index (κ1) is 13.4. The third-order valence-corrected chi connectivity index (χ3v) is 3.29. The van der Waals surface area contributed by atoms with Gasteiger partial charge in [-0.2, -0.15) is 5.10 Å². The molecular weight excluding hydrogens is 268 g/mol. The molecule has 0 aliphatic heterocycles. The number of hydrogen-bond donors (Lipinski definition) is 0. The first-order valence-electron chi connectivity index (χ1n) is 6.87. The van der Waals surface area contributed by atoms with Gasteiger partial charge in [-0.05, 0) is 12.1 Å². The van der Waals surface area contributed by atoms with E-state index in [-0.39, 0.29) is 5.78 Å². The Hall–Kier alpha value is -2.63. The van der Waals surface area contributed by atoms with Crippen molar-refractivity contribution >= 4 is 11.3 Å². The topological polar surface area (TPSA) is 61.4 Å². The Bertz CT molecular complexity index is 746. The normalized spacial score (nSPS) is 10.9. The fourth-order valence-electron chi connectivity index (χ4n) is 2.14. The van der Waals surface area contributed by atoms with Crippen molar-refractivity contribution in [3.8, 4) is 5.75 Å². The Morgan fingerprint density at radius 1 is 1.38 bits per heavy atom. The second kappa shape index (κ2) is 5.78. The van der Waals surface area contributed by atoms with Gasteiger partial charge in [0.05, 0.1) is 36.3 Å². The largest absolute Gasteiger partial charge is 0.490 e. The number of ether oxygens (including phenoxy) is 1. The minimum atomic E-state index is 0.0961. The summed E-state index contributed by atoms with van der Waals surface area (Å²) >= 11 is 0. The molecule has 0 aliphatic rings. The molecule has 3 rings (SSSR count). The van der Waals surface area contributed by atoms with Crippen molar-refractivity contribution in [2.45, 2.75) is 19.9 Å². The molecule has 0 unspecified atom stereocenters. The summed E-state index contributed by atoms with van der Waals surface area (Å²) in [6, 6.07) is 3.72.